The highest BCUT2D eigenvalue weighted by molar-refractivity contribution is 8.00. The van der Waals surface area contributed by atoms with Gasteiger partial charge in [-0.25, -0.2) is 9.59 Å². The first-order chi connectivity index (χ1) is 8.99. The number of carbonyl (C=O) groups is 2. The van der Waals surface area contributed by atoms with Crippen molar-refractivity contribution in [3.8, 4) is 0 Å². The molecule has 9 heteroatoms. The number of carboxylic acid groups (broad SMARTS) is 1. The summed E-state index contributed by atoms with van der Waals surface area (Å²) in [5.41, 5.74) is 0. The summed E-state index contributed by atoms with van der Waals surface area (Å²) in [7, 11) is 0. The highest BCUT2D eigenvalue weighted by atomic mass is 32.2. The average molecular weight is 286 g/mol. The highest BCUT2D eigenvalue weighted by Crippen LogP contribution is 2.28. The smallest absolute Gasteiger partial charge is 0.327 e. The first kappa shape index (κ1) is 13.7. The van der Waals surface area contributed by atoms with Gasteiger partial charge in [0.15, 0.2) is 5.82 Å². The first-order valence-corrected chi connectivity index (χ1v) is 6.73. The molecule has 0 spiro atoms. The molecule has 2 heterocycles. The molecule has 0 aliphatic carbocycles. The standard InChI is InChI=1S/C10H14N4O4S/c1-5-12-8(13-18-5)3-11-10(17)14-6(2)19-4-7(14)9(15)16/h6-7H,3-4H2,1-2H3,(H,11,17)(H,15,16). The van der Waals surface area contributed by atoms with Gasteiger partial charge in [-0.05, 0) is 6.92 Å². The van der Waals surface area contributed by atoms with E-state index in [1.54, 1.807) is 13.8 Å². The van der Waals surface area contributed by atoms with Crippen molar-refractivity contribution in [1.82, 2.24) is 20.4 Å². The number of aliphatic carboxylic acids is 1. The molecule has 0 radical (unpaired) electrons. The Morgan fingerprint density at radius 3 is 2.95 bits per heavy atom. The van der Waals surface area contributed by atoms with Gasteiger partial charge in [-0.3, -0.25) is 4.90 Å². The Balaban J connectivity index is 1.96. The Morgan fingerprint density at radius 1 is 1.63 bits per heavy atom. The van der Waals surface area contributed by atoms with Crippen LogP contribution < -0.4 is 5.32 Å². The van der Waals surface area contributed by atoms with Gasteiger partial charge in [-0.15, -0.1) is 11.8 Å². The molecule has 2 unspecified atom stereocenters. The molecule has 2 atom stereocenters. The number of aromatic nitrogens is 2. The quantitative estimate of drug-likeness (QED) is 0.829. The number of amides is 2. The van der Waals surface area contributed by atoms with Crippen LogP contribution in [0.15, 0.2) is 4.52 Å². The molecule has 2 rings (SSSR count). The van der Waals surface area contributed by atoms with Crippen LogP contribution in [0.5, 0.6) is 0 Å². The van der Waals surface area contributed by atoms with E-state index in [4.69, 9.17) is 9.63 Å². The van der Waals surface area contributed by atoms with Gasteiger partial charge in [0.25, 0.3) is 0 Å². The van der Waals surface area contributed by atoms with Crippen LogP contribution in [0.4, 0.5) is 4.79 Å². The third-order valence-electron chi connectivity index (χ3n) is 2.71. The number of nitrogens with zero attached hydrogens (tertiary/aromatic N) is 3. The number of urea groups is 1. The number of thioether (sulfide) groups is 1. The van der Waals surface area contributed by atoms with Gasteiger partial charge in [0.2, 0.25) is 5.89 Å². The minimum atomic E-state index is -0.998. The molecule has 8 nitrogen and oxygen atoms in total. The summed E-state index contributed by atoms with van der Waals surface area (Å²) in [5, 5.41) is 15.1. The molecule has 1 aliphatic rings. The Hall–Kier alpha value is -1.77. The number of aryl methyl sites for hydroxylation is 1. The first-order valence-electron chi connectivity index (χ1n) is 5.69. The molecule has 2 N–H and O–H groups in total. The zero-order valence-electron chi connectivity index (χ0n) is 10.5. The highest BCUT2D eigenvalue weighted by Gasteiger charge is 2.39. The Kier molecular flexibility index (Phi) is 3.93. The van der Waals surface area contributed by atoms with Crippen LogP contribution in [0.1, 0.15) is 18.6 Å². The van der Waals surface area contributed by atoms with Crippen molar-refractivity contribution in [2.24, 2.45) is 0 Å². The molecule has 0 saturated carbocycles. The third-order valence-corrected chi connectivity index (χ3v) is 3.93. The van der Waals surface area contributed by atoms with Crippen molar-refractivity contribution < 1.29 is 19.2 Å². The number of hydrogen-bond acceptors (Lipinski definition) is 6. The summed E-state index contributed by atoms with van der Waals surface area (Å²) in [6.07, 6.45) is 0. The number of hydrogen-bond donors (Lipinski definition) is 2. The number of carbonyl (C=O) groups excluding carboxylic acids is 1. The molecule has 1 aromatic heterocycles. The van der Waals surface area contributed by atoms with E-state index in [0.29, 0.717) is 17.5 Å². The van der Waals surface area contributed by atoms with Crippen LogP contribution in [-0.4, -0.2) is 49.3 Å². The lowest BCUT2D eigenvalue weighted by Crippen LogP contribution is -2.49. The summed E-state index contributed by atoms with van der Waals surface area (Å²) < 4.78 is 4.78. The monoisotopic (exact) mass is 286 g/mol. The fraction of sp³-hybridized carbons (Fsp3) is 0.600. The molecule has 19 heavy (non-hydrogen) atoms. The molecule has 0 bridgehead atoms. The summed E-state index contributed by atoms with van der Waals surface area (Å²) in [6, 6.07) is -1.24. The molecule has 2 amide bonds. The summed E-state index contributed by atoms with van der Waals surface area (Å²) in [5.74, 6) is 0.169. The van der Waals surface area contributed by atoms with Gasteiger partial charge in [0, 0.05) is 12.7 Å². The Bertz CT molecular complexity index is 492. The van der Waals surface area contributed by atoms with Crippen LogP contribution in [0, 0.1) is 6.92 Å². The predicted octanol–water partition coefficient (Wildman–Crippen LogP) is 0.436. The molecule has 1 saturated heterocycles. The fourth-order valence-electron chi connectivity index (χ4n) is 1.80. The SMILES string of the molecule is Cc1nc(CNC(=O)N2C(C)SCC2C(=O)O)no1. The molecular weight excluding hydrogens is 272 g/mol. The minimum Gasteiger partial charge on any atom is -0.480 e. The van der Waals surface area contributed by atoms with Crippen LogP contribution in [0.3, 0.4) is 0 Å². The van der Waals surface area contributed by atoms with E-state index in [9.17, 15) is 9.59 Å². The van der Waals surface area contributed by atoms with Crippen LogP contribution in [-0.2, 0) is 11.3 Å². The molecule has 1 fully saturated rings. The lowest BCUT2D eigenvalue weighted by atomic mass is 10.3. The van der Waals surface area contributed by atoms with E-state index in [0.717, 1.165) is 0 Å². The maximum atomic E-state index is 12.0. The normalized spacial score (nSPS) is 22.5. The molecule has 1 aromatic rings. The van der Waals surface area contributed by atoms with Crippen molar-refractivity contribution in [3.05, 3.63) is 11.7 Å². The second-order valence-electron chi connectivity index (χ2n) is 4.08. The topological polar surface area (TPSA) is 109 Å². The summed E-state index contributed by atoms with van der Waals surface area (Å²) in [4.78, 5) is 28.3. The van der Waals surface area contributed by atoms with Crippen molar-refractivity contribution in [2.75, 3.05) is 5.75 Å². The maximum absolute atomic E-state index is 12.0. The van der Waals surface area contributed by atoms with Gasteiger partial charge in [0.05, 0.1) is 11.9 Å². The van der Waals surface area contributed by atoms with Crippen molar-refractivity contribution in [3.63, 3.8) is 0 Å². The number of rotatable bonds is 3. The molecule has 104 valence electrons. The Morgan fingerprint density at radius 2 is 2.37 bits per heavy atom. The van der Waals surface area contributed by atoms with Crippen molar-refractivity contribution in [1.29, 1.82) is 0 Å². The largest absolute Gasteiger partial charge is 0.480 e. The molecule has 1 aliphatic heterocycles. The van der Waals surface area contributed by atoms with Crippen molar-refractivity contribution >= 4 is 23.8 Å². The van der Waals surface area contributed by atoms with E-state index < -0.39 is 18.0 Å². The van der Waals surface area contributed by atoms with Crippen molar-refractivity contribution in [2.45, 2.75) is 31.8 Å². The van der Waals surface area contributed by atoms with Gasteiger partial charge >= 0.3 is 12.0 Å². The summed E-state index contributed by atoms with van der Waals surface area (Å²) >= 11 is 1.43. The predicted molar refractivity (Wildman–Crippen MR) is 66.5 cm³/mol. The molecular formula is C10H14N4O4S. The zero-order valence-corrected chi connectivity index (χ0v) is 11.3. The fourth-order valence-corrected chi connectivity index (χ4v) is 2.97. The number of nitrogens with one attached hydrogen (secondary N) is 1. The zero-order chi connectivity index (χ0) is 14.0. The average Bonchev–Trinajstić information content (AvgIpc) is 2.92. The van der Waals surface area contributed by atoms with E-state index in [1.807, 2.05) is 0 Å². The second-order valence-corrected chi connectivity index (χ2v) is 5.43. The van der Waals surface area contributed by atoms with Crippen LogP contribution >= 0.6 is 11.8 Å². The van der Waals surface area contributed by atoms with Crippen LogP contribution in [0.25, 0.3) is 0 Å². The van der Waals surface area contributed by atoms with Gasteiger partial charge < -0.3 is 14.9 Å². The van der Waals surface area contributed by atoms with E-state index >= 15 is 0 Å². The van der Waals surface area contributed by atoms with Gasteiger partial charge in [0.1, 0.15) is 6.04 Å². The van der Waals surface area contributed by atoms with Gasteiger partial charge in [-0.1, -0.05) is 5.16 Å². The summed E-state index contributed by atoms with van der Waals surface area (Å²) in [6.45, 7) is 3.56. The van der Waals surface area contributed by atoms with E-state index in [2.05, 4.69) is 15.5 Å². The maximum Gasteiger partial charge on any atom is 0.327 e. The second kappa shape index (κ2) is 5.47. The third kappa shape index (κ3) is 2.98. The molecule has 0 aromatic carbocycles. The Labute approximate surface area is 113 Å². The minimum absolute atomic E-state index is 0.108. The van der Waals surface area contributed by atoms with E-state index in [-0.39, 0.29) is 11.9 Å². The van der Waals surface area contributed by atoms with E-state index in [1.165, 1.54) is 16.7 Å². The lowest BCUT2D eigenvalue weighted by Gasteiger charge is -2.24. The number of carboxylic acids is 1. The van der Waals surface area contributed by atoms with Crippen LogP contribution in [0.2, 0.25) is 0 Å². The van der Waals surface area contributed by atoms with Gasteiger partial charge in [-0.2, -0.15) is 4.98 Å². The lowest BCUT2D eigenvalue weighted by molar-refractivity contribution is -0.141.